The summed E-state index contributed by atoms with van der Waals surface area (Å²) in [6.45, 7) is 6.67. The Morgan fingerprint density at radius 2 is 2.15 bits per heavy atom. The Labute approximate surface area is 120 Å². The van der Waals surface area contributed by atoms with Crippen molar-refractivity contribution in [2.24, 2.45) is 5.92 Å². The lowest BCUT2D eigenvalue weighted by Crippen LogP contribution is -2.36. The van der Waals surface area contributed by atoms with Crippen LogP contribution in [0.1, 0.15) is 56.8 Å². The van der Waals surface area contributed by atoms with E-state index in [-0.39, 0.29) is 23.5 Å². The fourth-order valence-electron chi connectivity index (χ4n) is 2.56. The number of carbonyl (C=O) groups excluding carboxylic acids is 1. The molecule has 1 aliphatic rings. The van der Waals surface area contributed by atoms with Gasteiger partial charge in [-0.1, -0.05) is 12.8 Å². The number of carbonyl (C=O) groups is 1. The number of hydrogen-bond acceptors (Lipinski definition) is 3. The van der Waals surface area contributed by atoms with E-state index in [9.17, 15) is 9.90 Å². The average molecular weight is 279 g/mol. The van der Waals surface area contributed by atoms with Crippen LogP contribution >= 0.6 is 0 Å². The second kappa shape index (κ2) is 5.95. The summed E-state index contributed by atoms with van der Waals surface area (Å²) in [6, 6.07) is 0. The Hall–Kier alpha value is -1.36. The molecular formula is C15H25N3O2. The van der Waals surface area contributed by atoms with Gasteiger partial charge in [0.15, 0.2) is 0 Å². The number of aliphatic hydroxyl groups excluding tert-OH is 1. The number of nitrogens with zero attached hydrogens (tertiary/aromatic N) is 2. The topological polar surface area (TPSA) is 67.2 Å². The Morgan fingerprint density at radius 1 is 1.45 bits per heavy atom. The van der Waals surface area contributed by atoms with E-state index in [4.69, 9.17) is 0 Å². The molecule has 0 aromatic carbocycles. The predicted molar refractivity (Wildman–Crippen MR) is 77.5 cm³/mol. The van der Waals surface area contributed by atoms with Crippen LogP contribution in [-0.2, 0) is 5.54 Å². The number of hydrogen-bond donors (Lipinski definition) is 2. The predicted octanol–water partition coefficient (Wildman–Crippen LogP) is 1.92. The smallest absolute Gasteiger partial charge is 0.254 e. The van der Waals surface area contributed by atoms with Crippen LogP contribution in [0.5, 0.6) is 0 Å². The largest absolute Gasteiger partial charge is 0.393 e. The molecule has 1 saturated carbocycles. The van der Waals surface area contributed by atoms with Crippen LogP contribution in [0, 0.1) is 5.92 Å². The van der Waals surface area contributed by atoms with Crippen LogP contribution in [-0.4, -0.2) is 33.4 Å². The molecular weight excluding hydrogens is 254 g/mol. The summed E-state index contributed by atoms with van der Waals surface area (Å²) in [6.07, 6.45) is 7.15. The van der Waals surface area contributed by atoms with Gasteiger partial charge in [-0.25, -0.2) is 0 Å². The molecule has 0 spiro atoms. The molecule has 0 aliphatic heterocycles. The zero-order chi connectivity index (χ0) is 14.8. The van der Waals surface area contributed by atoms with Crippen molar-refractivity contribution in [1.29, 1.82) is 0 Å². The maximum absolute atomic E-state index is 12.1. The van der Waals surface area contributed by atoms with E-state index < -0.39 is 0 Å². The zero-order valence-electron chi connectivity index (χ0n) is 12.6. The van der Waals surface area contributed by atoms with Crippen LogP contribution in [0.4, 0.5) is 0 Å². The summed E-state index contributed by atoms with van der Waals surface area (Å²) in [5, 5.41) is 17.0. The van der Waals surface area contributed by atoms with Crippen molar-refractivity contribution in [3.63, 3.8) is 0 Å². The highest BCUT2D eigenvalue weighted by atomic mass is 16.3. The van der Waals surface area contributed by atoms with E-state index in [1.807, 2.05) is 20.8 Å². The van der Waals surface area contributed by atoms with Gasteiger partial charge < -0.3 is 10.4 Å². The Balaban J connectivity index is 1.90. The molecule has 1 aromatic heterocycles. The lowest BCUT2D eigenvalue weighted by molar-refractivity contribution is 0.0663. The SMILES string of the molecule is CC(C)(C)n1cc(C(=O)NC[C@H]2CCCC[C@@H]2O)cn1. The number of aromatic nitrogens is 2. The van der Waals surface area contributed by atoms with Crippen LogP contribution in [0.3, 0.4) is 0 Å². The van der Waals surface area contributed by atoms with Crippen molar-refractivity contribution < 1.29 is 9.90 Å². The maximum atomic E-state index is 12.1. The lowest BCUT2D eigenvalue weighted by Gasteiger charge is -2.27. The molecule has 20 heavy (non-hydrogen) atoms. The molecule has 112 valence electrons. The summed E-state index contributed by atoms with van der Waals surface area (Å²) in [4.78, 5) is 12.1. The van der Waals surface area contributed by atoms with Crippen molar-refractivity contribution in [1.82, 2.24) is 15.1 Å². The first kappa shape index (κ1) is 15.0. The van der Waals surface area contributed by atoms with Gasteiger partial charge in [0, 0.05) is 18.7 Å². The maximum Gasteiger partial charge on any atom is 0.254 e. The number of amides is 1. The van der Waals surface area contributed by atoms with E-state index in [1.54, 1.807) is 17.1 Å². The van der Waals surface area contributed by atoms with Crippen LogP contribution < -0.4 is 5.32 Å². The van der Waals surface area contributed by atoms with E-state index in [1.165, 1.54) is 0 Å². The summed E-state index contributed by atoms with van der Waals surface area (Å²) < 4.78 is 1.79. The lowest BCUT2D eigenvalue weighted by atomic mass is 9.86. The van der Waals surface area contributed by atoms with Crippen LogP contribution in [0.2, 0.25) is 0 Å². The van der Waals surface area contributed by atoms with Gasteiger partial charge in [0.05, 0.1) is 23.4 Å². The monoisotopic (exact) mass is 279 g/mol. The molecule has 1 fully saturated rings. The molecule has 1 aliphatic carbocycles. The van der Waals surface area contributed by atoms with E-state index in [0.29, 0.717) is 12.1 Å². The molecule has 2 atom stereocenters. The summed E-state index contributed by atoms with van der Waals surface area (Å²) in [5.41, 5.74) is 0.447. The second-order valence-electron chi connectivity index (χ2n) is 6.67. The van der Waals surface area contributed by atoms with Crippen molar-refractivity contribution in [3.05, 3.63) is 18.0 Å². The minimum Gasteiger partial charge on any atom is -0.393 e. The fraction of sp³-hybridized carbons (Fsp3) is 0.733. The highest BCUT2D eigenvalue weighted by Gasteiger charge is 2.24. The van der Waals surface area contributed by atoms with Gasteiger partial charge >= 0.3 is 0 Å². The molecule has 2 N–H and O–H groups in total. The molecule has 0 unspecified atom stereocenters. The quantitative estimate of drug-likeness (QED) is 0.888. The minimum atomic E-state index is -0.277. The molecule has 0 saturated heterocycles. The number of aliphatic hydroxyl groups is 1. The van der Waals surface area contributed by atoms with Gasteiger partial charge in [-0.3, -0.25) is 9.48 Å². The third-order valence-corrected chi connectivity index (χ3v) is 3.93. The minimum absolute atomic E-state index is 0.113. The Kier molecular flexibility index (Phi) is 4.48. The highest BCUT2D eigenvalue weighted by Crippen LogP contribution is 2.23. The van der Waals surface area contributed by atoms with Gasteiger partial charge in [-0.15, -0.1) is 0 Å². The van der Waals surface area contributed by atoms with Gasteiger partial charge in [-0.05, 0) is 33.6 Å². The number of rotatable bonds is 3. The van der Waals surface area contributed by atoms with Gasteiger partial charge in [0.2, 0.25) is 0 Å². The molecule has 1 amide bonds. The molecule has 0 bridgehead atoms. The third kappa shape index (κ3) is 3.60. The summed E-state index contributed by atoms with van der Waals surface area (Å²) in [5.74, 6) is 0.0728. The van der Waals surface area contributed by atoms with Crippen LogP contribution in [0.15, 0.2) is 12.4 Å². The normalized spacial score (nSPS) is 23.6. The first-order valence-corrected chi connectivity index (χ1v) is 7.39. The van der Waals surface area contributed by atoms with Gasteiger partial charge in [-0.2, -0.15) is 5.10 Å². The second-order valence-corrected chi connectivity index (χ2v) is 6.67. The molecule has 5 nitrogen and oxygen atoms in total. The zero-order valence-corrected chi connectivity index (χ0v) is 12.6. The van der Waals surface area contributed by atoms with E-state index in [0.717, 1.165) is 25.7 Å². The molecule has 2 rings (SSSR count). The Bertz CT molecular complexity index is 462. The van der Waals surface area contributed by atoms with Crippen molar-refractivity contribution in [3.8, 4) is 0 Å². The van der Waals surface area contributed by atoms with Crippen molar-refractivity contribution in [2.75, 3.05) is 6.54 Å². The molecule has 0 radical (unpaired) electrons. The highest BCUT2D eigenvalue weighted by molar-refractivity contribution is 5.93. The van der Waals surface area contributed by atoms with Gasteiger partial charge in [0.1, 0.15) is 0 Å². The molecule has 1 heterocycles. The first-order chi connectivity index (χ1) is 9.38. The summed E-state index contributed by atoms with van der Waals surface area (Å²) in [7, 11) is 0. The van der Waals surface area contributed by atoms with Crippen LogP contribution in [0.25, 0.3) is 0 Å². The fourth-order valence-corrected chi connectivity index (χ4v) is 2.56. The van der Waals surface area contributed by atoms with Crippen molar-refractivity contribution in [2.45, 2.75) is 58.1 Å². The van der Waals surface area contributed by atoms with E-state index in [2.05, 4.69) is 10.4 Å². The Morgan fingerprint density at radius 3 is 2.75 bits per heavy atom. The van der Waals surface area contributed by atoms with E-state index >= 15 is 0 Å². The number of nitrogens with one attached hydrogen (secondary N) is 1. The third-order valence-electron chi connectivity index (χ3n) is 3.93. The first-order valence-electron chi connectivity index (χ1n) is 7.39. The molecule has 5 heteroatoms. The molecule has 1 aromatic rings. The summed E-state index contributed by atoms with van der Waals surface area (Å²) >= 11 is 0. The average Bonchev–Trinajstić information content (AvgIpc) is 2.87. The van der Waals surface area contributed by atoms with Crippen molar-refractivity contribution >= 4 is 5.91 Å². The standard InChI is InChI=1S/C15H25N3O2/c1-15(2,3)18-10-12(9-17-18)14(20)16-8-11-6-4-5-7-13(11)19/h9-11,13,19H,4-8H2,1-3H3,(H,16,20)/t11-,13+/m1/s1. The van der Waals surface area contributed by atoms with Gasteiger partial charge in [0.25, 0.3) is 5.91 Å².